The van der Waals surface area contributed by atoms with Crippen molar-refractivity contribution in [1.82, 2.24) is 0 Å². The first-order valence-electron chi connectivity index (χ1n) is 6.21. The molecule has 2 N–H and O–H groups in total. The molecule has 0 saturated carbocycles. The minimum absolute atomic E-state index is 0.552. The van der Waals surface area contributed by atoms with Crippen LogP contribution in [0.1, 0.15) is 6.42 Å². The highest BCUT2D eigenvalue weighted by Gasteiger charge is 2.02. The molecule has 0 radical (unpaired) electrons. The van der Waals surface area contributed by atoms with Gasteiger partial charge in [-0.15, -0.1) is 0 Å². The molecule has 2 aromatic rings. The number of nitrogens with two attached hydrogens (primary N) is 1. The number of rotatable bonds is 6. The van der Waals surface area contributed by atoms with Crippen molar-refractivity contribution in [2.24, 2.45) is 0 Å². The first-order valence-corrected chi connectivity index (χ1v) is 7.38. The second-order valence-electron chi connectivity index (χ2n) is 4.19. The van der Waals surface area contributed by atoms with E-state index in [1.165, 1.54) is 0 Å². The number of ether oxygens (including phenoxy) is 2. The lowest BCUT2D eigenvalue weighted by Crippen LogP contribution is -2.05. The number of hydrogen-bond donors (Lipinski definition) is 1. The van der Waals surface area contributed by atoms with Gasteiger partial charge in [0.15, 0.2) is 0 Å². The number of benzene rings is 2. The van der Waals surface area contributed by atoms with Crippen LogP contribution in [-0.2, 0) is 0 Å². The van der Waals surface area contributed by atoms with Crippen LogP contribution < -0.4 is 15.2 Å². The molecule has 20 heavy (non-hydrogen) atoms. The average Bonchev–Trinajstić information content (AvgIpc) is 2.42. The van der Waals surface area contributed by atoms with E-state index in [4.69, 9.17) is 26.8 Å². The summed E-state index contributed by atoms with van der Waals surface area (Å²) in [5, 5.41) is 0.596. The lowest BCUT2D eigenvalue weighted by molar-refractivity contribution is 0.247. The van der Waals surface area contributed by atoms with Crippen LogP contribution in [0.25, 0.3) is 0 Å². The van der Waals surface area contributed by atoms with Crippen LogP contribution in [0, 0.1) is 0 Å². The molecule has 2 aromatic carbocycles. The van der Waals surface area contributed by atoms with Crippen molar-refractivity contribution in [3.05, 3.63) is 52.0 Å². The smallest absolute Gasteiger partial charge is 0.137 e. The second-order valence-corrected chi connectivity index (χ2v) is 5.52. The van der Waals surface area contributed by atoms with E-state index in [0.717, 1.165) is 22.3 Å². The fourth-order valence-corrected chi connectivity index (χ4v) is 2.32. The van der Waals surface area contributed by atoms with Gasteiger partial charge in [-0.1, -0.05) is 27.5 Å². The maximum absolute atomic E-state index is 6.05. The van der Waals surface area contributed by atoms with Gasteiger partial charge >= 0.3 is 0 Å². The Kier molecular flexibility index (Phi) is 5.56. The first-order chi connectivity index (χ1) is 9.65. The quantitative estimate of drug-likeness (QED) is 0.611. The maximum atomic E-state index is 6.05. The van der Waals surface area contributed by atoms with Crippen molar-refractivity contribution in [2.45, 2.75) is 6.42 Å². The largest absolute Gasteiger partial charge is 0.493 e. The fourth-order valence-electron chi connectivity index (χ4n) is 1.59. The van der Waals surface area contributed by atoms with Crippen molar-refractivity contribution >= 4 is 33.2 Å². The van der Waals surface area contributed by atoms with Gasteiger partial charge in [-0.25, -0.2) is 0 Å². The van der Waals surface area contributed by atoms with Crippen molar-refractivity contribution in [1.29, 1.82) is 0 Å². The summed E-state index contributed by atoms with van der Waals surface area (Å²) in [5.74, 6) is 1.49. The van der Waals surface area contributed by atoms with Gasteiger partial charge < -0.3 is 15.2 Å². The summed E-state index contributed by atoms with van der Waals surface area (Å²) in [6, 6.07) is 12.9. The summed E-state index contributed by atoms with van der Waals surface area (Å²) in [6.45, 7) is 1.13. The van der Waals surface area contributed by atoms with Gasteiger partial charge in [0.25, 0.3) is 0 Å². The second kappa shape index (κ2) is 7.41. The van der Waals surface area contributed by atoms with Gasteiger partial charge in [-0.2, -0.15) is 0 Å². The molecule has 0 fully saturated rings. The van der Waals surface area contributed by atoms with Gasteiger partial charge in [-0.05, 0) is 42.5 Å². The van der Waals surface area contributed by atoms with Crippen LogP contribution >= 0.6 is 27.5 Å². The maximum Gasteiger partial charge on any atom is 0.137 e. The summed E-state index contributed by atoms with van der Waals surface area (Å²) >= 11 is 9.41. The zero-order valence-electron chi connectivity index (χ0n) is 10.8. The number of hydrogen-bond acceptors (Lipinski definition) is 3. The molecule has 0 aromatic heterocycles. The molecular formula is C15H15BrClNO2. The third-order valence-electron chi connectivity index (χ3n) is 2.59. The molecule has 5 heteroatoms. The molecule has 0 amide bonds. The minimum Gasteiger partial charge on any atom is -0.493 e. The molecule has 2 rings (SSSR count). The summed E-state index contributed by atoms with van der Waals surface area (Å²) in [6.07, 6.45) is 0.775. The van der Waals surface area contributed by atoms with Crippen molar-refractivity contribution in [3.8, 4) is 11.5 Å². The standard InChI is InChI=1S/C15H15BrClNO2/c16-11-2-7-15(14(17)10-11)20-9-1-8-19-13-5-3-12(18)4-6-13/h2-7,10H,1,8-9,18H2. The summed E-state index contributed by atoms with van der Waals surface area (Å²) in [7, 11) is 0. The Bertz CT molecular complexity index is 560. The Labute approximate surface area is 131 Å². The van der Waals surface area contributed by atoms with Gasteiger partial charge in [0.05, 0.1) is 18.2 Å². The number of nitrogen functional groups attached to an aromatic ring is 1. The Hall–Kier alpha value is -1.39. The summed E-state index contributed by atoms with van der Waals surface area (Å²) < 4.78 is 12.1. The zero-order valence-corrected chi connectivity index (χ0v) is 13.2. The van der Waals surface area contributed by atoms with E-state index in [9.17, 15) is 0 Å². The molecule has 0 aliphatic heterocycles. The van der Waals surface area contributed by atoms with Crippen LogP contribution in [-0.4, -0.2) is 13.2 Å². The van der Waals surface area contributed by atoms with Gasteiger partial charge in [0.2, 0.25) is 0 Å². The first kappa shape index (κ1) is 15.0. The number of halogens is 2. The molecule has 0 unspecified atom stereocenters. The Morgan fingerprint density at radius 3 is 2.40 bits per heavy atom. The molecule has 0 bridgehead atoms. The average molecular weight is 357 g/mol. The molecule has 0 aliphatic rings. The highest BCUT2D eigenvalue weighted by Crippen LogP contribution is 2.27. The Morgan fingerprint density at radius 1 is 1.00 bits per heavy atom. The molecule has 0 aliphatic carbocycles. The van der Waals surface area contributed by atoms with E-state index >= 15 is 0 Å². The molecule has 0 atom stereocenters. The molecule has 106 valence electrons. The molecule has 0 saturated heterocycles. The SMILES string of the molecule is Nc1ccc(OCCCOc2ccc(Br)cc2Cl)cc1. The van der Waals surface area contributed by atoms with Crippen LogP contribution in [0.3, 0.4) is 0 Å². The van der Waals surface area contributed by atoms with Crippen LogP contribution in [0.2, 0.25) is 5.02 Å². The third-order valence-corrected chi connectivity index (χ3v) is 3.38. The zero-order chi connectivity index (χ0) is 14.4. The highest BCUT2D eigenvalue weighted by atomic mass is 79.9. The Morgan fingerprint density at radius 2 is 1.70 bits per heavy atom. The number of anilines is 1. The van der Waals surface area contributed by atoms with Gasteiger partial charge in [-0.3, -0.25) is 0 Å². The monoisotopic (exact) mass is 355 g/mol. The molecule has 3 nitrogen and oxygen atoms in total. The lowest BCUT2D eigenvalue weighted by atomic mass is 10.3. The molecule has 0 heterocycles. The fraction of sp³-hybridized carbons (Fsp3) is 0.200. The van der Waals surface area contributed by atoms with E-state index < -0.39 is 0 Å². The van der Waals surface area contributed by atoms with Crippen LogP contribution in [0.5, 0.6) is 11.5 Å². The van der Waals surface area contributed by atoms with Crippen molar-refractivity contribution in [2.75, 3.05) is 18.9 Å². The predicted octanol–water partition coefficient (Wildman–Crippen LogP) is 4.53. The van der Waals surface area contributed by atoms with E-state index in [2.05, 4.69) is 15.9 Å². The van der Waals surface area contributed by atoms with Gasteiger partial charge in [0, 0.05) is 16.6 Å². The van der Waals surface area contributed by atoms with Crippen molar-refractivity contribution in [3.63, 3.8) is 0 Å². The van der Waals surface area contributed by atoms with Gasteiger partial charge in [0.1, 0.15) is 11.5 Å². The molecular weight excluding hydrogens is 342 g/mol. The summed E-state index contributed by atoms with van der Waals surface area (Å²) in [5.41, 5.74) is 6.33. The normalized spacial score (nSPS) is 10.3. The minimum atomic E-state index is 0.552. The molecule has 0 spiro atoms. The van der Waals surface area contributed by atoms with E-state index in [0.29, 0.717) is 24.0 Å². The van der Waals surface area contributed by atoms with E-state index in [-0.39, 0.29) is 0 Å². The predicted molar refractivity (Wildman–Crippen MR) is 85.6 cm³/mol. The Balaban J connectivity index is 1.70. The highest BCUT2D eigenvalue weighted by molar-refractivity contribution is 9.10. The topological polar surface area (TPSA) is 44.5 Å². The lowest BCUT2D eigenvalue weighted by Gasteiger charge is -2.09. The van der Waals surface area contributed by atoms with E-state index in [1.807, 2.05) is 42.5 Å². The van der Waals surface area contributed by atoms with Crippen LogP contribution in [0.15, 0.2) is 46.9 Å². The summed E-state index contributed by atoms with van der Waals surface area (Å²) in [4.78, 5) is 0. The van der Waals surface area contributed by atoms with Crippen molar-refractivity contribution < 1.29 is 9.47 Å². The van der Waals surface area contributed by atoms with Crippen LogP contribution in [0.4, 0.5) is 5.69 Å². The third kappa shape index (κ3) is 4.62. The van der Waals surface area contributed by atoms with E-state index in [1.54, 1.807) is 0 Å².